The summed E-state index contributed by atoms with van der Waals surface area (Å²) in [5, 5.41) is 16.8. The van der Waals surface area contributed by atoms with Crippen LogP contribution in [0, 0.1) is 0 Å². The lowest BCUT2D eigenvalue weighted by molar-refractivity contribution is -0.128. The highest BCUT2D eigenvalue weighted by Crippen LogP contribution is 2.44. The first-order chi connectivity index (χ1) is 15.1. The van der Waals surface area contributed by atoms with Crippen LogP contribution >= 0.6 is 0 Å². The van der Waals surface area contributed by atoms with Gasteiger partial charge in [0.15, 0.2) is 5.65 Å². The van der Waals surface area contributed by atoms with Crippen molar-refractivity contribution in [2.75, 3.05) is 18.5 Å². The van der Waals surface area contributed by atoms with E-state index in [-0.39, 0.29) is 17.6 Å². The summed E-state index contributed by atoms with van der Waals surface area (Å²) in [5.74, 6) is 0.0875. The molecular weight excluding hydrogens is 396 g/mol. The highest BCUT2D eigenvalue weighted by Gasteiger charge is 2.51. The summed E-state index contributed by atoms with van der Waals surface area (Å²) >= 11 is 0. The number of aryl methyl sites for hydroxylation is 1. The molecule has 1 spiro atoms. The van der Waals surface area contributed by atoms with Crippen molar-refractivity contribution in [3.63, 3.8) is 0 Å². The maximum absolute atomic E-state index is 11.7. The minimum absolute atomic E-state index is 0.0875. The van der Waals surface area contributed by atoms with Crippen molar-refractivity contribution < 1.29 is 14.4 Å². The Hall–Kier alpha value is -2.68. The first kappa shape index (κ1) is 20.2. The van der Waals surface area contributed by atoms with E-state index in [9.17, 15) is 4.79 Å². The molecule has 0 atom stereocenters. The zero-order chi connectivity index (χ0) is 21.4. The molecule has 9 nitrogen and oxygen atoms in total. The Labute approximate surface area is 181 Å². The second-order valence-corrected chi connectivity index (χ2v) is 8.79. The van der Waals surface area contributed by atoms with Gasteiger partial charge >= 0.3 is 0 Å². The van der Waals surface area contributed by atoms with Gasteiger partial charge in [0.05, 0.1) is 23.0 Å². The van der Waals surface area contributed by atoms with Gasteiger partial charge in [-0.2, -0.15) is 5.10 Å². The average molecular weight is 427 g/mol. The standard InChI is InChI=1S/C22H30N6O3/c1-3-19(29)25-15-9-22(10-15)11-18(27-31-22)16-12-23-21-17(13-24-28(21)4-2)20(16)26-14-5-7-30-8-6-14/h12-15H,3-11H2,1-2H3,(H,23,26)(H,25,29). The fraction of sp³-hybridized carbons (Fsp3) is 0.636. The maximum Gasteiger partial charge on any atom is 0.219 e. The molecule has 2 aliphatic heterocycles. The number of ether oxygens (including phenoxy) is 1. The van der Waals surface area contributed by atoms with E-state index in [0.717, 1.165) is 79.9 Å². The van der Waals surface area contributed by atoms with Gasteiger partial charge in [0.2, 0.25) is 5.91 Å². The van der Waals surface area contributed by atoms with Gasteiger partial charge in [0, 0.05) is 69.3 Å². The average Bonchev–Trinajstić information content (AvgIpc) is 3.39. The second-order valence-electron chi connectivity index (χ2n) is 8.79. The predicted molar refractivity (Wildman–Crippen MR) is 117 cm³/mol. The van der Waals surface area contributed by atoms with E-state index in [4.69, 9.17) is 14.6 Å². The van der Waals surface area contributed by atoms with Crippen LogP contribution < -0.4 is 10.6 Å². The molecule has 1 aliphatic carbocycles. The molecule has 0 bridgehead atoms. The summed E-state index contributed by atoms with van der Waals surface area (Å²) in [6.07, 6.45) is 8.54. The fourth-order valence-electron chi connectivity index (χ4n) is 4.83. The Morgan fingerprint density at radius 3 is 2.77 bits per heavy atom. The summed E-state index contributed by atoms with van der Waals surface area (Å²) in [4.78, 5) is 22.3. The molecule has 1 saturated carbocycles. The number of aromatic nitrogens is 3. The van der Waals surface area contributed by atoms with Crippen LogP contribution in [-0.4, -0.2) is 57.3 Å². The highest BCUT2D eigenvalue weighted by atomic mass is 16.7. The minimum Gasteiger partial charge on any atom is -0.388 e. The molecule has 4 heterocycles. The highest BCUT2D eigenvalue weighted by molar-refractivity contribution is 6.10. The van der Waals surface area contributed by atoms with Gasteiger partial charge in [0.1, 0.15) is 5.60 Å². The van der Waals surface area contributed by atoms with Crippen LogP contribution in [0.2, 0.25) is 0 Å². The van der Waals surface area contributed by atoms with Crippen LogP contribution in [-0.2, 0) is 20.9 Å². The summed E-state index contributed by atoms with van der Waals surface area (Å²) in [6, 6.07) is 0.516. The Kier molecular flexibility index (Phi) is 5.29. The molecule has 3 aliphatic rings. The van der Waals surface area contributed by atoms with Gasteiger partial charge in [-0.05, 0) is 19.8 Å². The number of amides is 1. The van der Waals surface area contributed by atoms with Gasteiger partial charge in [-0.15, -0.1) is 0 Å². The number of nitrogens with one attached hydrogen (secondary N) is 2. The van der Waals surface area contributed by atoms with Crippen LogP contribution in [0.1, 0.15) is 57.9 Å². The number of nitrogens with zero attached hydrogens (tertiary/aromatic N) is 4. The lowest BCUT2D eigenvalue weighted by Crippen LogP contribution is -2.55. The largest absolute Gasteiger partial charge is 0.388 e. The van der Waals surface area contributed by atoms with E-state index in [1.54, 1.807) is 0 Å². The van der Waals surface area contributed by atoms with E-state index >= 15 is 0 Å². The van der Waals surface area contributed by atoms with Crippen molar-refractivity contribution in [3.05, 3.63) is 18.0 Å². The Morgan fingerprint density at radius 1 is 1.23 bits per heavy atom. The molecule has 9 heteroatoms. The third-order valence-corrected chi connectivity index (χ3v) is 6.61. The van der Waals surface area contributed by atoms with Crippen molar-refractivity contribution in [1.29, 1.82) is 0 Å². The molecule has 0 unspecified atom stereocenters. The van der Waals surface area contributed by atoms with Crippen LogP contribution in [0.15, 0.2) is 17.5 Å². The number of hydrogen-bond donors (Lipinski definition) is 2. The minimum atomic E-state index is -0.306. The number of hydrogen-bond acceptors (Lipinski definition) is 7. The van der Waals surface area contributed by atoms with Crippen LogP contribution in [0.5, 0.6) is 0 Å². The zero-order valence-corrected chi connectivity index (χ0v) is 18.2. The van der Waals surface area contributed by atoms with Gasteiger partial charge in [-0.3, -0.25) is 4.79 Å². The lowest BCUT2D eigenvalue weighted by atomic mass is 9.72. The zero-order valence-electron chi connectivity index (χ0n) is 18.2. The van der Waals surface area contributed by atoms with E-state index in [2.05, 4.69) is 27.8 Å². The SMILES string of the molecule is CCC(=O)NC1CC2(CC(c3cnc4c(cnn4CC)c3NC3CCOCC3)=NO2)C1. The molecule has 2 aromatic heterocycles. The Bertz CT molecular complexity index is 1000. The molecule has 0 aromatic carbocycles. The van der Waals surface area contributed by atoms with Crippen molar-refractivity contribution in [1.82, 2.24) is 20.1 Å². The number of pyridine rings is 1. The summed E-state index contributed by atoms with van der Waals surface area (Å²) < 4.78 is 7.44. The third kappa shape index (κ3) is 3.75. The molecule has 2 aromatic rings. The Morgan fingerprint density at radius 2 is 2.03 bits per heavy atom. The quantitative estimate of drug-likeness (QED) is 0.736. The molecule has 1 amide bonds. The van der Waals surface area contributed by atoms with E-state index < -0.39 is 0 Å². The predicted octanol–water partition coefficient (Wildman–Crippen LogP) is 2.59. The van der Waals surface area contributed by atoms with Gasteiger partial charge in [-0.1, -0.05) is 12.1 Å². The van der Waals surface area contributed by atoms with Gasteiger partial charge in [-0.25, -0.2) is 9.67 Å². The molecule has 31 heavy (non-hydrogen) atoms. The number of fused-ring (bicyclic) bond motifs is 1. The topological polar surface area (TPSA) is 103 Å². The molecule has 1 saturated heterocycles. The van der Waals surface area contributed by atoms with Crippen LogP contribution in [0.4, 0.5) is 5.69 Å². The van der Waals surface area contributed by atoms with Crippen LogP contribution in [0.25, 0.3) is 11.0 Å². The summed E-state index contributed by atoms with van der Waals surface area (Å²) in [7, 11) is 0. The second kappa shape index (κ2) is 8.11. The van der Waals surface area contributed by atoms with Crippen molar-refractivity contribution in [2.45, 2.75) is 76.6 Å². The molecule has 2 fully saturated rings. The van der Waals surface area contributed by atoms with Crippen molar-refractivity contribution in [2.24, 2.45) is 5.16 Å². The molecule has 5 rings (SSSR count). The third-order valence-electron chi connectivity index (χ3n) is 6.61. The van der Waals surface area contributed by atoms with Gasteiger partial charge < -0.3 is 20.2 Å². The Balaban J connectivity index is 1.39. The molecule has 2 N–H and O–H groups in total. The maximum atomic E-state index is 11.7. The van der Waals surface area contributed by atoms with Gasteiger partial charge in [0.25, 0.3) is 0 Å². The van der Waals surface area contributed by atoms with E-state index in [1.165, 1.54) is 0 Å². The van der Waals surface area contributed by atoms with Crippen molar-refractivity contribution >= 4 is 28.3 Å². The fourth-order valence-corrected chi connectivity index (χ4v) is 4.83. The first-order valence-electron chi connectivity index (χ1n) is 11.3. The smallest absolute Gasteiger partial charge is 0.219 e. The number of oxime groups is 1. The normalized spacial score (nSPS) is 25.9. The number of rotatable bonds is 6. The summed E-state index contributed by atoms with van der Waals surface area (Å²) in [5.41, 5.74) is 3.49. The van der Waals surface area contributed by atoms with Crippen molar-refractivity contribution in [3.8, 4) is 0 Å². The first-order valence-corrected chi connectivity index (χ1v) is 11.3. The number of carbonyl (C=O) groups excluding carboxylic acids is 1. The van der Waals surface area contributed by atoms with E-state index in [1.807, 2.05) is 24.0 Å². The molecule has 166 valence electrons. The summed E-state index contributed by atoms with van der Waals surface area (Å²) in [6.45, 7) is 6.25. The van der Waals surface area contributed by atoms with Crippen LogP contribution in [0.3, 0.4) is 0 Å². The molecule has 0 radical (unpaired) electrons. The lowest BCUT2D eigenvalue weighted by Gasteiger charge is -2.42. The molecular formula is C22H30N6O3. The monoisotopic (exact) mass is 426 g/mol. The number of carbonyl (C=O) groups is 1. The number of anilines is 1. The van der Waals surface area contributed by atoms with E-state index in [0.29, 0.717) is 12.5 Å².